The average Bonchev–Trinajstić information content (AvgIpc) is 2.72. The van der Waals surface area contributed by atoms with E-state index in [2.05, 4.69) is 61.6 Å². The number of aryl methyl sites for hydroxylation is 2. The maximum Gasteiger partial charge on any atom is 0.0555 e. The summed E-state index contributed by atoms with van der Waals surface area (Å²) in [6, 6.07) is 15.9. The molecular formula is C16H17N. The van der Waals surface area contributed by atoms with Crippen LogP contribution in [0, 0.1) is 13.8 Å². The van der Waals surface area contributed by atoms with Crippen molar-refractivity contribution in [2.75, 3.05) is 5.32 Å². The molecule has 0 spiro atoms. The number of nitrogens with one attached hydrogen (secondary N) is 1. The summed E-state index contributed by atoms with van der Waals surface area (Å²) in [5, 5.41) is 3.60. The number of anilines is 1. The van der Waals surface area contributed by atoms with Crippen LogP contribution < -0.4 is 5.32 Å². The molecular weight excluding hydrogens is 206 g/mol. The summed E-state index contributed by atoms with van der Waals surface area (Å²) in [5.41, 5.74) is 6.77. The van der Waals surface area contributed by atoms with Gasteiger partial charge in [0.15, 0.2) is 0 Å². The number of benzene rings is 2. The Morgan fingerprint density at radius 2 is 1.65 bits per heavy atom. The predicted molar refractivity (Wildman–Crippen MR) is 72.4 cm³/mol. The molecule has 17 heavy (non-hydrogen) atoms. The lowest BCUT2D eigenvalue weighted by Gasteiger charge is -2.11. The van der Waals surface area contributed by atoms with Crippen molar-refractivity contribution in [1.29, 1.82) is 0 Å². The zero-order valence-corrected chi connectivity index (χ0v) is 10.3. The molecule has 0 aliphatic carbocycles. The van der Waals surface area contributed by atoms with Crippen molar-refractivity contribution in [3.05, 3.63) is 64.7 Å². The maximum atomic E-state index is 3.60. The Kier molecular flexibility index (Phi) is 2.40. The largest absolute Gasteiger partial charge is 0.378 e. The first-order chi connectivity index (χ1) is 8.22. The number of fused-ring (bicyclic) bond motifs is 1. The van der Waals surface area contributed by atoms with Crippen molar-refractivity contribution in [2.24, 2.45) is 0 Å². The Hall–Kier alpha value is -1.76. The van der Waals surface area contributed by atoms with Crippen molar-refractivity contribution in [3.63, 3.8) is 0 Å². The second kappa shape index (κ2) is 3.92. The van der Waals surface area contributed by atoms with Gasteiger partial charge in [0, 0.05) is 5.69 Å². The molecule has 0 radical (unpaired) electrons. The van der Waals surface area contributed by atoms with Crippen LogP contribution in [0.1, 0.15) is 28.3 Å². The van der Waals surface area contributed by atoms with Crippen molar-refractivity contribution < 1.29 is 0 Å². The van der Waals surface area contributed by atoms with Crippen molar-refractivity contribution in [1.82, 2.24) is 0 Å². The lowest BCUT2D eigenvalue weighted by molar-refractivity contribution is 0.823. The van der Waals surface area contributed by atoms with Gasteiger partial charge in [-0.1, -0.05) is 47.5 Å². The Morgan fingerprint density at radius 3 is 2.41 bits per heavy atom. The standard InChI is InChI=1S/C16H17N/c1-11-3-6-13(7-4-11)16-10-14-9-12(2)5-8-15(14)17-16/h3-9,16-17H,10H2,1-2H3. The minimum Gasteiger partial charge on any atom is -0.378 e. The first-order valence-corrected chi connectivity index (χ1v) is 6.15. The van der Waals surface area contributed by atoms with Gasteiger partial charge in [-0.3, -0.25) is 0 Å². The van der Waals surface area contributed by atoms with E-state index in [0.717, 1.165) is 6.42 Å². The zero-order chi connectivity index (χ0) is 11.8. The molecule has 1 heteroatoms. The molecule has 1 atom stereocenters. The lowest BCUT2D eigenvalue weighted by Crippen LogP contribution is -2.05. The SMILES string of the molecule is Cc1ccc(C2Cc3cc(C)ccc3N2)cc1. The smallest absolute Gasteiger partial charge is 0.0555 e. The fourth-order valence-corrected chi connectivity index (χ4v) is 2.49. The van der Waals surface area contributed by atoms with E-state index in [1.54, 1.807) is 0 Å². The summed E-state index contributed by atoms with van der Waals surface area (Å²) in [4.78, 5) is 0. The average molecular weight is 223 g/mol. The van der Waals surface area contributed by atoms with Gasteiger partial charge in [-0.05, 0) is 37.5 Å². The summed E-state index contributed by atoms with van der Waals surface area (Å²) < 4.78 is 0. The third kappa shape index (κ3) is 1.93. The van der Waals surface area contributed by atoms with E-state index >= 15 is 0 Å². The summed E-state index contributed by atoms with van der Waals surface area (Å²) in [6.07, 6.45) is 1.10. The van der Waals surface area contributed by atoms with E-state index in [1.807, 2.05) is 0 Å². The first-order valence-electron chi connectivity index (χ1n) is 6.15. The highest BCUT2D eigenvalue weighted by molar-refractivity contribution is 5.59. The van der Waals surface area contributed by atoms with Crippen LogP contribution in [0.3, 0.4) is 0 Å². The Balaban J connectivity index is 1.88. The van der Waals surface area contributed by atoms with E-state index < -0.39 is 0 Å². The van der Waals surface area contributed by atoms with Gasteiger partial charge in [0.2, 0.25) is 0 Å². The Labute approximate surface area is 102 Å². The number of rotatable bonds is 1. The topological polar surface area (TPSA) is 12.0 Å². The lowest BCUT2D eigenvalue weighted by atomic mass is 10.0. The Morgan fingerprint density at radius 1 is 0.941 bits per heavy atom. The van der Waals surface area contributed by atoms with Crippen LogP contribution in [0.15, 0.2) is 42.5 Å². The van der Waals surface area contributed by atoms with E-state index in [4.69, 9.17) is 0 Å². The third-order valence-corrected chi connectivity index (χ3v) is 3.49. The van der Waals surface area contributed by atoms with Crippen LogP contribution in [0.4, 0.5) is 5.69 Å². The van der Waals surface area contributed by atoms with Gasteiger partial charge < -0.3 is 5.32 Å². The Bertz CT molecular complexity index is 540. The highest BCUT2D eigenvalue weighted by Crippen LogP contribution is 2.34. The predicted octanol–water partition coefficient (Wildman–Crippen LogP) is 4.01. The number of hydrogen-bond donors (Lipinski definition) is 1. The van der Waals surface area contributed by atoms with Gasteiger partial charge in [-0.2, -0.15) is 0 Å². The van der Waals surface area contributed by atoms with Crippen molar-refractivity contribution in [3.8, 4) is 0 Å². The molecule has 1 unspecified atom stereocenters. The molecule has 1 N–H and O–H groups in total. The highest BCUT2D eigenvalue weighted by atomic mass is 14.9. The fraction of sp³-hybridized carbons (Fsp3) is 0.250. The van der Waals surface area contributed by atoms with Crippen LogP contribution in [0.2, 0.25) is 0 Å². The molecule has 0 saturated heterocycles. The normalized spacial score (nSPS) is 17.6. The van der Waals surface area contributed by atoms with Crippen molar-refractivity contribution >= 4 is 5.69 Å². The van der Waals surface area contributed by atoms with Crippen LogP contribution in [0.5, 0.6) is 0 Å². The van der Waals surface area contributed by atoms with Crippen LogP contribution >= 0.6 is 0 Å². The van der Waals surface area contributed by atoms with Crippen LogP contribution in [-0.2, 0) is 6.42 Å². The van der Waals surface area contributed by atoms with E-state index in [-0.39, 0.29) is 0 Å². The van der Waals surface area contributed by atoms with Gasteiger partial charge in [0.05, 0.1) is 6.04 Å². The van der Waals surface area contributed by atoms with Crippen LogP contribution in [-0.4, -0.2) is 0 Å². The van der Waals surface area contributed by atoms with Gasteiger partial charge in [-0.25, -0.2) is 0 Å². The molecule has 2 aromatic rings. The van der Waals surface area contributed by atoms with E-state index in [9.17, 15) is 0 Å². The quantitative estimate of drug-likeness (QED) is 0.770. The van der Waals surface area contributed by atoms with E-state index in [1.165, 1.54) is 27.9 Å². The first kappa shape index (κ1) is 10.4. The third-order valence-electron chi connectivity index (χ3n) is 3.49. The summed E-state index contributed by atoms with van der Waals surface area (Å²) in [6.45, 7) is 4.28. The second-order valence-corrected chi connectivity index (χ2v) is 4.97. The van der Waals surface area contributed by atoms with E-state index in [0.29, 0.717) is 6.04 Å². The summed E-state index contributed by atoms with van der Waals surface area (Å²) in [7, 11) is 0. The molecule has 0 bridgehead atoms. The van der Waals surface area contributed by atoms with Crippen molar-refractivity contribution in [2.45, 2.75) is 26.3 Å². The zero-order valence-electron chi connectivity index (χ0n) is 10.3. The van der Waals surface area contributed by atoms with Gasteiger partial charge in [0.25, 0.3) is 0 Å². The summed E-state index contributed by atoms with van der Waals surface area (Å²) in [5.74, 6) is 0. The number of hydrogen-bond acceptors (Lipinski definition) is 1. The summed E-state index contributed by atoms with van der Waals surface area (Å²) >= 11 is 0. The molecule has 0 saturated carbocycles. The molecule has 1 heterocycles. The molecule has 1 aliphatic heterocycles. The van der Waals surface area contributed by atoms with Gasteiger partial charge in [-0.15, -0.1) is 0 Å². The maximum absolute atomic E-state index is 3.60. The molecule has 0 amide bonds. The molecule has 3 rings (SSSR count). The minimum atomic E-state index is 0.437. The fourth-order valence-electron chi connectivity index (χ4n) is 2.49. The molecule has 2 aromatic carbocycles. The monoisotopic (exact) mass is 223 g/mol. The van der Waals surface area contributed by atoms with Crippen LogP contribution in [0.25, 0.3) is 0 Å². The molecule has 86 valence electrons. The second-order valence-electron chi connectivity index (χ2n) is 4.97. The minimum absolute atomic E-state index is 0.437. The molecule has 1 nitrogen and oxygen atoms in total. The molecule has 0 fully saturated rings. The molecule has 0 aromatic heterocycles. The highest BCUT2D eigenvalue weighted by Gasteiger charge is 2.21. The molecule has 1 aliphatic rings. The van der Waals surface area contributed by atoms with Gasteiger partial charge in [0.1, 0.15) is 0 Å². The van der Waals surface area contributed by atoms with Gasteiger partial charge >= 0.3 is 0 Å².